The maximum Gasteiger partial charge on any atom is 0.0866 e. The number of hydrogen-bond acceptors (Lipinski definition) is 1. The average Bonchev–Trinajstić information content (AvgIpc) is 2.12. The Hall–Kier alpha value is 0.0700. The summed E-state index contributed by atoms with van der Waals surface area (Å²) in [5.74, 6) is 0. The predicted molar refractivity (Wildman–Crippen MR) is 64.8 cm³/mol. The first kappa shape index (κ1) is 9.62. The lowest BCUT2D eigenvalue weighted by atomic mass is 10.2. The van der Waals surface area contributed by atoms with Crippen LogP contribution < -0.4 is 0 Å². The number of halogens is 3. The molecule has 0 fully saturated rings. The van der Waals surface area contributed by atoms with Gasteiger partial charge in [0.2, 0.25) is 0 Å². The van der Waals surface area contributed by atoms with Crippen LogP contribution in [-0.4, -0.2) is 4.98 Å². The summed E-state index contributed by atoms with van der Waals surface area (Å²) < 4.78 is 3.10. The van der Waals surface area contributed by atoms with Crippen molar-refractivity contribution in [2.75, 3.05) is 0 Å². The zero-order chi connectivity index (χ0) is 9.42. The van der Waals surface area contributed by atoms with E-state index in [1.807, 2.05) is 18.2 Å². The van der Waals surface area contributed by atoms with Gasteiger partial charge in [-0.15, -0.1) is 0 Å². The predicted octanol–water partition coefficient (Wildman–Crippen LogP) is 4.52. The summed E-state index contributed by atoms with van der Waals surface area (Å²) in [4.78, 5) is 4.30. The third-order valence-corrected chi connectivity index (χ3v) is 3.70. The first-order chi connectivity index (χ1) is 6.20. The lowest BCUT2D eigenvalue weighted by molar-refractivity contribution is 1.39. The Kier molecular flexibility index (Phi) is 2.72. The van der Waals surface area contributed by atoms with Gasteiger partial charge in [-0.2, -0.15) is 0 Å². The Morgan fingerprint density at radius 2 is 1.46 bits per heavy atom. The van der Waals surface area contributed by atoms with E-state index in [4.69, 9.17) is 0 Å². The summed E-state index contributed by atoms with van der Waals surface area (Å²) in [5, 5.41) is 1.09. The van der Waals surface area contributed by atoms with E-state index in [2.05, 4.69) is 52.8 Å². The van der Waals surface area contributed by atoms with Gasteiger partial charge in [0.1, 0.15) is 0 Å². The van der Waals surface area contributed by atoms with Crippen molar-refractivity contribution < 1.29 is 0 Å². The van der Waals surface area contributed by atoms with Crippen LogP contribution in [0.15, 0.2) is 37.8 Å². The molecule has 0 amide bonds. The molecule has 0 aliphatic heterocycles. The minimum Gasteiger partial charge on any atom is -0.255 e. The van der Waals surface area contributed by atoms with Crippen molar-refractivity contribution in [3.8, 4) is 0 Å². The van der Waals surface area contributed by atoms with Gasteiger partial charge in [0.25, 0.3) is 0 Å². The van der Waals surface area contributed by atoms with Gasteiger partial charge in [-0.05, 0) is 50.1 Å². The molecule has 2 aromatic rings. The third kappa shape index (κ3) is 1.67. The highest BCUT2D eigenvalue weighted by Gasteiger charge is 2.06. The normalized spacial score (nSPS) is 10.7. The summed E-state index contributed by atoms with van der Waals surface area (Å²) in [7, 11) is 0. The monoisotopic (exact) mass is 363 g/mol. The highest BCUT2D eigenvalue weighted by atomic mass is 79.9. The molecule has 0 unspecified atom stereocenters. The molecule has 0 saturated carbocycles. The molecule has 1 heterocycles. The summed E-state index contributed by atoms with van der Waals surface area (Å²) in [6.07, 6.45) is 1.78. The lowest BCUT2D eigenvalue weighted by Gasteiger charge is -2.03. The number of hydrogen-bond donors (Lipinski definition) is 0. The molecular weight excluding hydrogens is 362 g/mol. The van der Waals surface area contributed by atoms with E-state index in [-0.39, 0.29) is 0 Å². The Morgan fingerprint density at radius 3 is 2.15 bits per heavy atom. The van der Waals surface area contributed by atoms with E-state index in [0.717, 1.165) is 24.3 Å². The number of rotatable bonds is 0. The molecule has 1 aromatic carbocycles. The summed E-state index contributed by atoms with van der Waals surface area (Å²) >= 11 is 10.4. The van der Waals surface area contributed by atoms with Gasteiger partial charge < -0.3 is 0 Å². The zero-order valence-electron chi connectivity index (χ0n) is 6.39. The second kappa shape index (κ2) is 3.67. The largest absolute Gasteiger partial charge is 0.255 e. The Morgan fingerprint density at radius 1 is 0.846 bits per heavy atom. The number of aromatic nitrogens is 1. The van der Waals surface area contributed by atoms with Crippen LogP contribution >= 0.6 is 47.8 Å². The zero-order valence-corrected chi connectivity index (χ0v) is 11.1. The van der Waals surface area contributed by atoms with Gasteiger partial charge in [-0.1, -0.05) is 15.9 Å². The molecule has 0 radical (unpaired) electrons. The maximum atomic E-state index is 4.30. The molecule has 0 atom stereocenters. The Bertz CT molecular complexity index is 459. The van der Waals surface area contributed by atoms with Gasteiger partial charge in [0.15, 0.2) is 0 Å². The van der Waals surface area contributed by atoms with E-state index in [0.29, 0.717) is 0 Å². The third-order valence-electron chi connectivity index (χ3n) is 1.74. The molecule has 13 heavy (non-hydrogen) atoms. The molecule has 66 valence electrons. The van der Waals surface area contributed by atoms with E-state index in [1.165, 1.54) is 0 Å². The quantitative estimate of drug-likeness (QED) is 0.668. The van der Waals surface area contributed by atoms with Crippen LogP contribution in [0.2, 0.25) is 0 Å². The van der Waals surface area contributed by atoms with Crippen molar-refractivity contribution in [3.63, 3.8) is 0 Å². The van der Waals surface area contributed by atoms with Gasteiger partial charge in [0, 0.05) is 25.0 Å². The molecule has 0 aliphatic carbocycles. The van der Waals surface area contributed by atoms with Crippen LogP contribution in [0.5, 0.6) is 0 Å². The van der Waals surface area contributed by atoms with E-state index in [1.54, 1.807) is 6.20 Å². The molecular formula is C9H4Br3N. The van der Waals surface area contributed by atoms with Crippen molar-refractivity contribution in [2.45, 2.75) is 0 Å². The van der Waals surface area contributed by atoms with Crippen molar-refractivity contribution in [1.82, 2.24) is 4.98 Å². The SMILES string of the molecule is Brc1ccc(Br)c2c(Br)ccnc12. The summed E-state index contributed by atoms with van der Waals surface area (Å²) in [6, 6.07) is 5.91. The second-order valence-corrected chi connectivity index (χ2v) is 5.11. The highest BCUT2D eigenvalue weighted by Crippen LogP contribution is 2.33. The Labute approximate surface area is 101 Å². The van der Waals surface area contributed by atoms with Crippen LogP contribution in [0.3, 0.4) is 0 Å². The minimum absolute atomic E-state index is 0.962. The fourth-order valence-corrected chi connectivity index (χ4v) is 2.91. The smallest absolute Gasteiger partial charge is 0.0866 e. The molecule has 2 rings (SSSR count). The van der Waals surface area contributed by atoms with Gasteiger partial charge in [-0.3, -0.25) is 4.98 Å². The number of benzene rings is 1. The van der Waals surface area contributed by atoms with Crippen LogP contribution in [0.25, 0.3) is 10.9 Å². The second-order valence-electron chi connectivity index (χ2n) is 2.55. The fraction of sp³-hybridized carbons (Fsp3) is 0. The molecule has 0 saturated heterocycles. The fourth-order valence-electron chi connectivity index (χ4n) is 1.16. The van der Waals surface area contributed by atoms with Crippen molar-refractivity contribution >= 4 is 58.7 Å². The minimum atomic E-state index is 0.962. The molecule has 0 spiro atoms. The topological polar surface area (TPSA) is 12.9 Å². The van der Waals surface area contributed by atoms with Crippen molar-refractivity contribution in [3.05, 3.63) is 37.8 Å². The van der Waals surface area contributed by atoms with Crippen molar-refractivity contribution in [1.29, 1.82) is 0 Å². The molecule has 4 heteroatoms. The van der Waals surface area contributed by atoms with Gasteiger partial charge in [0.05, 0.1) is 5.52 Å². The van der Waals surface area contributed by atoms with Gasteiger partial charge >= 0.3 is 0 Å². The molecule has 1 nitrogen and oxygen atoms in total. The maximum absolute atomic E-state index is 4.30. The van der Waals surface area contributed by atoms with Crippen LogP contribution in [-0.2, 0) is 0 Å². The standard InChI is InChI=1S/C9H4Br3N/c10-5-1-2-7(12)9-8(5)6(11)3-4-13-9/h1-4H. The lowest BCUT2D eigenvalue weighted by Crippen LogP contribution is -1.82. The first-order valence-corrected chi connectivity index (χ1v) is 5.96. The highest BCUT2D eigenvalue weighted by molar-refractivity contribution is 9.11. The molecule has 0 N–H and O–H groups in total. The Balaban J connectivity index is 3.00. The van der Waals surface area contributed by atoms with Gasteiger partial charge in [-0.25, -0.2) is 0 Å². The van der Waals surface area contributed by atoms with Crippen LogP contribution in [0.4, 0.5) is 0 Å². The number of pyridine rings is 1. The van der Waals surface area contributed by atoms with Crippen LogP contribution in [0, 0.1) is 0 Å². The van der Waals surface area contributed by atoms with Crippen molar-refractivity contribution in [2.24, 2.45) is 0 Å². The van der Waals surface area contributed by atoms with E-state index >= 15 is 0 Å². The number of nitrogens with zero attached hydrogens (tertiary/aromatic N) is 1. The summed E-state index contributed by atoms with van der Waals surface area (Å²) in [5.41, 5.74) is 0.962. The molecule has 1 aromatic heterocycles. The molecule has 0 bridgehead atoms. The van der Waals surface area contributed by atoms with E-state index in [9.17, 15) is 0 Å². The number of fused-ring (bicyclic) bond motifs is 1. The van der Waals surface area contributed by atoms with E-state index < -0.39 is 0 Å². The average molecular weight is 366 g/mol. The molecule has 0 aliphatic rings. The van der Waals surface area contributed by atoms with Crippen LogP contribution in [0.1, 0.15) is 0 Å². The first-order valence-electron chi connectivity index (χ1n) is 3.58. The summed E-state index contributed by atoms with van der Waals surface area (Å²) in [6.45, 7) is 0.